The number of nitrogen functional groups attached to an aromatic ring is 1. The van der Waals surface area contributed by atoms with E-state index in [1.54, 1.807) is 41.7 Å². The fourth-order valence-electron chi connectivity index (χ4n) is 6.40. The van der Waals surface area contributed by atoms with Crippen LogP contribution in [0, 0.1) is 0 Å². The number of ether oxygens (including phenoxy) is 2. The highest BCUT2D eigenvalue weighted by Crippen LogP contribution is 2.35. The summed E-state index contributed by atoms with van der Waals surface area (Å²) < 4.78 is 12.6. The molecule has 60 heavy (non-hydrogen) atoms. The molecule has 0 aliphatic carbocycles. The number of aromatic nitrogens is 4. The topological polar surface area (TPSA) is 207 Å². The first-order chi connectivity index (χ1) is 28.8. The van der Waals surface area contributed by atoms with Crippen LogP contribution in [0.4, 0.5) is 17.3 Å². The van der Waals surface area contributed by atoms with Crippen molar-refractivity contribution in [3.8, 4) is 11.3 Å². The van der Waals surface area contributed by atoms with Gasteiger partial charge in [-0.2, -0.15) is 5.10 Å². The maximum atomic E-state index is 13.4. The van der Waals surface area contributed by atoms with Crippen molar-refractivity contribution in [3.63, 3.8) is 0 Å². The smallest absolute Gasteiger partial charge is 0.277 e. The first-order valence-corrected chi connectivity index (χ1v) is 20.6. The summed E-state index contributed by atoms with van der Waals surface area (Å²) in [7, 11) is 3.79. The Morgan fingerprint density at radius 3 is 2.58 bits per heavy atom. The summed E-state index contributed by atoms with van der Waals surface area (Å²) in [6.07, 6.45) is 6.02. The lowest BCUT2D eigenvalue weighted by molar-refractivity contribution is -0.136. The molecule has 17 nitrogen and oxygen atoms in total. The molecule has 2 atom stereocenters. The van der Waals surface area contributed by atoms with Gasteiger partial charge in [0.2, 0.25) is 5.91 Å². The minimum atomic E-state index is -0.835. The molecule has 0 bridgehead atoms. The first-order valence-electron chi connectivity index (χ1n) is 19.9. The van der Waals surface area contributed by atoms with Gasteiger partial charge < -0.3 is 30.7 Å². The number of nitrogens with two attached hydrogens (primary N) is 1. The zero-order valence-corrected chi connectivity index (χ0v) is 36.1. The Morgan fingerprint density at radius 1 is 1.07 bits per heavy atom. The second kappa shape index (κ2) is 21.9. The van der Waals surface area contributed by atoms with Gasteiger partial charge in [0.25, 0.3) is 11.5 Å². The molecule has 19 heteroatoms. The minimum absolute atomic E-state index is 0.131. The zero-order chi connectivity index (χ0) is 43.2. The van der Waals surface area contributed by atoms with Crippen molar-refractivity contribution in [3.05, 3.63) is 81.5 Å². The van der Waals surface area contributed by atoms with E-state index in [9.17, 15) is 14.4 Å². The van der Waals surface area contributed by atoms with Gasteiger partial charge in [-0.05, 0) is 38.3 Å². The van der Waals surface area contributed by atoms with Gasteiger partial charge in [0.15, 0.2) is 5.82 Å². The lowest BCUT2D eigenvalue weighted by Gasteiger charge is -2.32. The van der Waals surface area contributed by atoms with E-state index in [2.05, 4.69) is 61.8 Å². The van der Waals surface area contributed by atoms with Crippen molar-refractivity contribution < 1.29 is 19.1 Å². The van der Waals surface area contributed by atoms with Crippen molar-refractivity contribution in [2.75, 3.05) is 82.7 Å². The molecule has 2 aromatic heterocycles. The monoisotopic (exact) mass is 864 g/mol. The average molecular weight is 866 g/mol. The van der Waals surface area contributed by atoms with Gasteiger partial charge in [-0.25, -0.2) is 14.6 Å². The van der Waals surface area contributed by atoms with Gasteiger partial charge in [-0.3, -0.25) is 24.7 Å². The predicted molar refractivity (Wildman–Crippen MR) is 235 cm³/mol. The number of fused-ring (bicyclic) bond motifs is 1. The van der Waals surface area contributed by atoms with Crippen LogP contribution in [-0.4, -0.2) is 109 Å². The van der Waals surface area contributed by atoms with E-state index in [1.807, 2.05) is 31.1 Å². The lowest BCUT2D eigenvalue weighted by Crippen LogP contribution is -2.45. The van der Waals surface area contributed by atoms with Gasteiger partial charge in [-0.1, -0.05) is 66.2 Å². The van der Waals surface area contributed by atoms with E-state index < -0.39 is 17.5 Å². The fraction of sp³-hybridized carbons (Fsp3) is 0.463. The molecule has 5 rings (SSSR count). The number of nitrogens with zero attached hydrogens (tertiary/aromatic N) is 8. The Kier molecular flexibility index (Phi) is 16.7. The van der Waals surface area contributed by atoms with Crippen LogP contribution >= 0.6 is 23.2 Å². The minimum Gasteiger partial charge on any atom is -0.382 e. The van der Waals surface area contributed by atoms with Crippen molar-refractivity contribution in [1.29, 1.82) is 0 Å². The van der Waals surface area contributed by atoms with Crippen LogP contribution in [0.15, 0.2) is 76.2 Å². The van der Waals surface area contributed by atoms with Crippen molar-refractivity contribution >= 4 is 63.1 Å². The van der Waals surface area contributed by atoms with Gasteiger partial charge in [-0.15, -0.1) is 5.11 Å². The molecule has 1 fully saturated rings. The standard InChI is InChI=1S/C41H54Cl2N12O5/c1-6-41(3,16-19-53(4)33-26-46-37(38(44)49-33)29-10-8-11-30(42)36(29)43)47-17-15-27(2)51-52-54(5)20-22-60-24-23-59-21-18-45-31-12-7-9-28-25-48-55(40(58)35(28)31)32-13-14-34(56)50-39(32)57/h7-12,25-26,32,45,47H,2,6,13-24H2,1,3-5H3,(H2,44,49)(H,50,56,57)/b52-51-. The third kappa shape index (κ3) is 12.4. The maximum Gasteiger partial charge on any atom is 0.277 e. The summed E-state index contributed by atoms with van der Waals surface area (Å²) in [5.41, 5.74) is 8.16. The highest BCUT2D eigenvalue weighted by molar-refractivity contribution is 6.43. The van der Waals surface area contributed by atoms with Crippen LogP contribution in [0.2, 0.25) is 10.0 Å². The number of hydrogen-bond donors (Lipinski definition) is 4. The molecular weight excluding hydrogens is 811 g/mol. The summed E-state index contributed by atoms with van der Waals surface area (Å²) in [4.78, 5) is 48.5. The van der Waals surface area contributed by atoms with Crippen LogP contribution in [-0.2, 0) is 19.1 Å². The van der Waals surface area contributed by atoms with E-state index in [4.69, 9.17) is 38.4 Å². The highest BCUT2D eigenvalue weighted by atomic mass is 35.5. The number of piperidine rings is 1. The molecule has 1 aliphatic heterocycles. The van der Waals surface area contributed by atoms with E-state index in [0.717, 1.165) is 24.1 Å². The third-order valence-corrected chi connectivity index (χ3v) is 11.1. The van der Waals surface area contributed by atoms with E-state index >= 15 is 0 Å². The van der Waals surface area contributed by atoms with Crippen molar-refractivity contribution in [1.82, 2.24) is 35.4 Å². The average Bonchev–Trinajstić information content (AvgIpc) is 3.23. The quantitative estimate of drug-likeness (QED) is 0.0308. The summed E-state index contributed by atoms with van der Waals surface area (Å²) >= 11 is 12.6. The molecule has 2 aromatic carbocycles. The number of nitrogens with one attached hydrogen (secondary N) is 3. The molecule has 4 aromatic rings. The molecule has 2 amide bonds. The number of hydrogen-bond acceptors (Lipinski definition) is 14. The molecule has 3 heterocycles. The molecule has 1 saturated heterocycles. The van der Waals surface area contributed by atoms with Crippen LogP contribution in [0.3, 0.4) is 0 Å². The number of imide groups is 1. The Morgan fingerprint density at radius 2 is 1.83 bits per heavy atom. The summed E-state index contributed by atoms with van der Waals surface area (Å²) in [6, 6.07) is 9.89. The SMILES string of the molecule is C=C(CCNC(C)(CC)CCN(C)c1cnc(-c2cccc(Cl)c2Cl)c(N)n1)/N=N\N(C)CCOCCOCCNc1cccc2cnn(C3CCC(=O)NC3=O)c(=O)c12. The molecule has 1 aliphatic rings. The van der Waals surface area contributed by atoms with Crippen molar-refractivity contribution in [2.45, 2.75) is 57.5 Å². The summed E-state index contributed by atoms with van der Waals surface area (Å²) in [6.45, 7) is 12.4. The van der Waals surface area contributed by atoms with Crippen LogP contribution in [0.1, 0.15) is 52.0 Å². The fourth-order valence-corrected chi connectivity index (χ4v) is 6.79. The van der Waals surface area contributed by atoms with Gasteiger partial charge in [0.1, 0.15) is 17.6 Å². The number of benzene rings is 2. The van der Waals surface area contributed by atoms with E-state index in [1.165, 1.54) is 0 Å². The summed E-state index contributed by atoms with van der Waals surface area (Å²) in [5, 5.41) is 25.5. The molecular formula is C41H54Cl2N12O5. The first kappa shape index (κ1) is 45.9. The second-order valence-corrected chi connectivity index (χ2v) is 15.5. The Bertz CT molecular complexity index is 2220. The Hall–Kier alpha value is -5.20. The molecule has 0 radical (unpaired) electrons. The van der Waals surface area contributed by atoms with Crippen LogP contribution < -0.4 is 32.1 Å². The predicted octanol–water partition coefficient (Wildman–Crippen LogP) is 5.65. The molecule has 0 spiro atoms. The number of carbonyl (C=O) groups is 2. The van der Waals surface area contributed by atoms with E-state index in [-0.39, 0.29) is 30.1 Å². The normalized spacial score (nSPS) is 15.3. The highest BCUT2D eigenvalue weighted by Gasteiger charge is 2.30. The Balaban J connectivity index is 0.939. The maximum absolute atomic E-state index is 13.4. The number of likely N-dealkylation sites (N-methyl/N-ethyl adjacent to an activating group) is 1. The zero-order valence-electron chi connectivity index (χ0n) is 34.5. The van der Waals surface area contributed by atoms with E-state index in [0.29, 0.717) is 102 Å². The second-order valence-electron chi connectivity index (χ2n) is 14.7. The molecule has 2 unspecified atom stereocenters. The number of carbonyl (C=O) groups excluding carboxylic acids is 2. The largest absolute Gasteiger partial charge is 0.382 e. The van der Waals surface area contributed by atoms with Crippen LogP contribution in [0.5, 0.6) is 0 Å². The Labute approximate surface area is 359 Å². The lowest BCUT2D eigenvalue weighted by atomic mass is 9.94. The van der Waals surface area contributed by atoms with Gasteiger partial charge in [0.05, 0.1) is 66.5 Å². The van der Waals surface area contributed by atoms with Gasteiger partial charge >= 0.3 is 0 Å². The van der Waals surface area contributed by atoms with Crippen molar-refractivity contribution in [2.24, 2.45) is 10.3 Å². The number of rotatable bonds is 23. The molecule has 5 N–H and O–H groups in total. The van der Waals surface area contributed by atoms with Crippen LogP contribution in [0.25, 0.3) is 22.0 Å². The number of amides is 2. The van der Waals surface area contributed by atoms with Gasteiger partial charge in [0, 0.05) is 68.7 Å². The number of anilines is 3. The molecule has 322 valence electrons. The number of halogens is 2. The third-order valence-electron chi connectivity index (χ3n) is 10.3. The summed E-state index contributed by atoms with van der Waals surface area (Å²) in [5.74, 6) is 0.0634. The molecule has 0 saturated carbocycles.